The van der Waals surface area contributed by atoms with Crippen molar-refractivity contribution in [3.05, 3.63) is 12.2 Å². The monoisotopic (exact) mass is 366 g/mol. The molecule has 3 N–H and O–H groups in total. The maximum absolute atomic E-state index is 12.1. The summed E-state index contributed by atoms with van der Waals surface area (Å²) in [6.07, 6.45) is 22.2. The minimum atomic E-state index is -0.258. The van der Waals surface area contributed by atoms with Crippen molar-refractivity contribution in [2.75, 3.05) is 13.1 Å². The number of hydrogen-bond donors (Lipinski definition) is 2. The van der Waals surface area contributed by atoms with Gasteiger partial charge in [0.25, 0.3) is 0 Å². The number of carbonyl (C=O) groups excluding carboxylic acids is 1. The van der Waals surface area contributed by atoms with Gasteiger partial charge >= 0.3 is 0 Å². The van der Waals surface area contributed by atoms with Gasteiger partial charge < -0.3 is 11.1 Å². The van der Waals surface area contributed by atoms with Gasteiger partial charge in [0.1, 0.15) is 0 Å². The second-order valence-corrected chi connectivity index (χ2v) is 8.26. The fourth-order valence-electron chi connectivity index (χ4n) is 3.12. The van der Waals surface area contributed by atoms with Gasteiger partial charge in [-0.1, -0.05) is 84.3 Å². The molecule has 154 valence electrons. The Balaban J connectivity index is 3.48. The van der Waals surface area contributed by atoms with Gasteiger partial charge in [0.15, 0.2) is 0 Å². The van der Waals surface area contributed by atoms with Gasteiger partial charge in [-0.05, 0) is 45.1 Å². The number of nitrogens with one attached hydrogen (secondary N) is 1. The summed E-state index contributed by atoms with van der Waals surface area (Å²) in [6, 6.07) is 0. The van der Waals surface area contributed by atoms with Gasteiger partial charge in [0.2, 0.25) is 5.91 Å². The normalized spacial score (nSPS) is 12.0. The number of hydrogen-bond acceptors (Lipinski definition) is 2. The summed E-state index contributed by atoms with van der Waals surface area (Å²) < 4.78 is 0. The van der Waals surface area contributed by atoms with E-state index >= 15 is 0 Å². The first-order chi connectivity index (χ1) is 12.5. The largest absolute Gasteiger partial charge is 0.356 e. The van der Waals surface area contributed by atoms with Crippen LogP contribution in [0.1, 0.15) is 111 Å². The van der Waals surface area contributed by atoms with Crippen molar-refractivity contribution in [2.24, 2.45) is 11.1 Å². The van der Waals surface area contributed by atoms with E-state index in [1.165, 1.54) is 70.6 Å². The van der Waals surface area contributed by atoms with E-state index in [0.717, 1.165) is 19.3 Å². The zero-order valence-corrected chi connectivity index (χ0v) is 18.0. The second kappa shape index (κ2) is 17.6. The highest BCUT2D eigenvalue weighted by Crippen LogP contribution is 2.24. The number of unbranched alkanes of at least 4 members (excludes halogenated alkanes) is 10. The molecular formula is C23H46N2O. The van der Waals surface area contributed by atoms with Crippen molar-refractivity contribution < 1.29 is 4.79 Å². The van der Waals surface area contributed by atoms with Crippen LogP contribution in [0.3, 0.4) is 0 Å². The van der Waals surface area contributed by atoms with Crippen molar-refractivity contribution >= 4 is 5.91 Å². The Kier molecular flexibility index (Phi) is 17.0. The summed E-state index contributed by atoms with van der Waals surface area (Å²) in [7, 11) is 0. The van der Waals surface area contributed by atoms with Crippen LogP contribution in [0.2, 0.25) is 0 Å². The molecule has 0 aromatic heterocycles. The van der Waals surface area contributed by atoms with E-state index in [1.54, 1.807) is 0 Å². The number of allylic oxidation sites excluding steroid dienone is 2. The molecular weight excluding hydrogens is 320 g/mol. The predicted molar refractivity (Wildman–Crippen MR) is 115 cm³/mol. The first-order valence-corrected chi connectivity index (χ1v) is 11.2. The summed E-state index contributed by atoms with van der Waals surface area (Å²) in [4.78, 5) is 12.1. The molecule has 0 saturated heterocycles. The van der Waals surface area contributed by atoms with E-state index in [1.807, 2.05) is 0 Å². The molecule has 0 unspecified atom stereocenters. The Hall–Kier alpha value is -0.830. The second-order valence-electron chi connectivity index (χ2n) is 8.26. The van der Waals surface area contributed by atoms with Crippen LogP contribution in [-0.4, -0.2) is 19.0 Å². The molecule has 0 aliphatic rings. The Bertz CT molecular complexity index is 350. The highest BCUT2D eigenvalue weighted by Gasteiger charge is 2.26. The van der Waals surface area contributed by atoms with Crippen LogP contribution in [0, 0.1) is 5.41 Å². The van der Waals surface area contributed by atoms with Crippen molar-refractivity contribution in [1.29, 1.82) is 0 Å². The van der Waals surface area contributed by atoms with Crippen LogP contribution < -0.4 is 11.1 Å². The molecule has 0 bridgehead atoms. The molecule has 3 heteroatoms. The lowest BCUT2D eigenvalue weighted by Crippen LogP contribution is -2.37. The van der Waals surface area contributed by atoms with Gasteiger partial charge in [-0.2, -0.15) is 0 Å². The summed E-state index contributed by atoms with van der Waals surface area (Å²) in [6.45, 7) is 7.70. The Morgan fingerprint density at radius 2 is 1.38 bits per heavy atom. The van der Waals surface area contributed by atoms with Crippen LogP contribution in [0.15, 0.2) is 12.2 Å². The molecule has 0 atom stereocenters. The smallest absolute Gasteiger partial charge is 0.225 e. The summed E-state index contributed by atoms with van der Waals surface area (Å²) in [5.74, 6) is 0.170. The zero-order chi connectivity index (χ0) is 19.5. The van der Waals surface area contributed by atoms with E-state index in [9.17, 15) is 4.79 Å². The first kappa shape index (κ1) is 25.2. The molecule has 0 fully saturated rings. The molecule has 0 aliphatic carbocycles. The van der Waals surface area contributed by atoms with Crippen molar-refractivity contribution in [3.63, 3.8) is 0 Å². The van der Waals surface area contributed by atoms with Gasteiger partial charge in [-0.15, -0.1) is 0 Å². The standard InChI is InChI=1S/C23H46N2O/c1-4-5-6-7-8-9-10-11-12-13-14-15-16-17-19-23(2,3)22(26)25-21-18-20-24/h11-12H,4-10,13-21,24H2,1-3H3,(H,25,26). The van der Waals surface area contributed by atoms with Crippen LogP contribution in [0.25, 0.3) is 0 Å². The third kappa shape index (κ3) is 15.4. The molecule has 1 amide bonds. The number of rotatable bonds is 18. The molecule has 0 aliphatic heterocycles. The highest BCUT2D eigenvalue weighted by molar-refractivity contribution is 5.81. The highest BCUT2D eigenvalue weighted by atomic mass is 16.2. The average Bonchev–Trinajstić information content (AvgIpc) is 2.62. The molecule has 0 aromatic carbocycles. The zero-order valence-electron chi connectivity index (χ0n) is 18.0. The van der Waals surface area contributed by atoms with Gasteiger partial charge in [0, 0.05) is 12.0 Å². The van der Waals surface area contributed by atoms with E-state index in [4.69, 9.17) is 5.73 Å². The predicted octanol–water partition coefficient (Wildman–Crippen LogP) is 6.13. The van der Waals surface area contributed by atoms with Crippen LogP contribution in [0.5, 0.6) is 0 Å². The lowest BCUT2D eigenvalue weighted by atomic mass is 9.85. The molecule has 0 spiro atoms. The quantitative estimate of drug-likeness (QED) is 0.227. The fraction of sp³-hybridized carbons (Fsp3) is 0.870. The Morgan fingerprint density at radius 3 is 1.96 bits per heavy atom. The molecule has 0 saturated carbocycles. The van der Waals surface area contributed by atoms with Crippen LogP contribution in [-0.2, 0) is 4.79 Å². The Morgan fingerprint density at radius 1 is 0.846 bits per heavy atom. The first-order valence-electron chi connectivity index (χ1n) is 11.2. The van der Waals surface area contributed by atoms with Gasteiger partial charge in [0.05, 0.1) is 0 Å². The summed E-state index contributed by atoms with van der Waals surface area (Å²) in [5.41, 5.74) is 5.20. The van der Waals surface area contributed by atoms with Gasteiger partial charge in [-0.3, -0.25) is 4.79 Å². The van der Waals surface area contributed by atoms with E-state index in [2.05, 4.69) is 38.2 Å². The van der Waals surface area contributed by atoms with E-state index in [0.29, 0.717) is 13.1 Å². The third-order valence-electron chi connectivity index (χ3n) is 5.09. The lowest BCUT2D eigenvalue weighted by Gasteiger charge is -2.23. The fourth-order valence-corrected chi connectivity index (χ4v) is 3.12. The molecule has 3 nitrogen and oxygen atoms in total. The molecule has 0 heterocycles. The van der Waals surface area contributed by atoms with Crippen molar-refractivity contribution in [3.8, 4) is 0 Å². The number of carbonyl (C=O) groups is 1. The lowest BCUT2D eigenvalue weighted by molar-refractivity contribution is -0.129. The van der Waals surface area contributed by atoms with Crippen molar-refractivity contribution in [2.45, 2.75) is 111 Å². The Labute approximate surface area is 163 Å². The number of nitrogens with two attached hydrogens (primary N) is 1. The minimum Gasteiger partial charge on any atom is -0.356 e. The van der Waals surface area contributed by atoms with Gasteiger partial charge in [-0.25, -0.2) is 0 Å². The maximum Gasteiger partial charge on any atom is 0.225 e. The molecule has 0 aromatic rings. The SMILES string of the molecule is CCCCCCCCC=CCCCCCCC(C)(C)C(=O)NCCCN. The minimum absolute atomic E-state index is 0.170. The molecule has 0 radical (unpaired) electrons. The van der Waals surface area contributed by atoms with Crippen LogP contribution in [0.4, 0.5) is 0 Å². The molecule has 26 heavy (non-hydrogen) atoms. The maximum atomic E-state index is 12.1. The number of amides is 1. The van der Waals surface area contributed by atoms with Crippen LogP contribution >= 0.6 is 0 Å². The van der Waals surface area contributed by atoms with E-state index in [-0.39, 0.29) is 11.3 Å². The average molecular weight is 367 g/mol. The van der Waals surface area contributed by atoms with E-state index < -0.39 is 0 Å². The van der Waals surface area contributed by atoms with Crippen molar-refractivity contribution in [1.82, 2.24) is 5.32 Å². The molecule has 0 rings (SSSR count). The summed E-state index contributed by atoms with van der Waals surface area (Å²) >= 11 is 0. The third-order valence-corrected chi connectivity index (χ3v) is 5.09. The topological polar surface area (TPSA) is 55.1 Å². The summed E-state index contributed by atoms with van der Waals surface area (Å²) in [5, 5.41) is 3.00.